The van der Waals surface area contributed by atoms with E-state index in [-0.39, 0.29) is 0 Å². The van der Waals surface area contributed by atoms with Crippen LogP contribution in [-0.4, -0.2) is 9.55 Å². The minimum atomic E-state index is 0.773. The Morgan fingerprint density at radius 3 is 2.75 bits per heavy atom. The van der Waals surface area contributed by atoms with E-state index in [1.54, 1.807) is 0 Å². The van der Waals surface area contributed by atoms with Crippen molar-refractivity contribution >= 4 is 5.69 Å². The third-order valence-electron chi connectivity index (χ3n) is 3.41. The molecule has 1 heterocycles. The predicted octanol–water partition coefficient (Wildman–Crippen LogP) is 3.49. The fraction of sp³-hybridized carbons (Fsp3) is 0.118. The van der Waals surface area contributed by atoms with E-state index >= 15 is 0 Å². The van der Waals surface area contributed by atoms with Gasteiger partial charge in [-0.25, -0.2) is 4.98 Å². The van der Waals surface area contributed by atoms with Crippen LogP contribution in [0.3, 0.4) is 0 Å². The number of nitrogen functional groups attached to an aromatic ring is 1. The summed E-state index contributed by atoms with van der Waals surface area (Å²) in [4.78, 5) is 4.50. The first-order valence-corrected chi connectivity index (χ1v) is 6.65. The minimum absolute atomic E-state index is 0.773. The molecule has 0 atom stereocenters. The van der Waals surface area contributed by atoms with Crippen LogP contribution < -0.4 is 5.73 Å². The first-order chi connectivity index (χ1) is 9.74. The Labute approximate surface area is 118 Å². The van der Waals surface area contributed by atoms with Gasteiger partial charge in [0.15, 0.2) is 0 Å². The molecule has 0 fully saturated rings. The number of benzene rings is 2. The number of anilines is 1. The third kappa shape index (κ3) is 2.43. The van der Waals surface area contributed by atoms with Gasteiger partial charge < -0.3 is 10.3 Å². The molecule has 2 N–H and O–H groups in total. The molecule has 20 heavy (non-hydrogen) atoms. The van der Waals surface area contributed by atoms with Crippen molar-refractivity contribution < 1.29 is 0 Å². The van der Waals surface area contributed by atoms with Crippen molar-refractivity contribution in [3.8, 4) is 11.4 Å². The van der Waals surface area contributed by atoms with E-state index in [1.165, 1.54) is 16.7 Å². The molecule has 0 saturated carbocycles. The monoisotopic (exact) mass is 263 g/mol. The molecule has 0 amide bonds. The molecule has 0 aliphatic rings. The number of rotatable bonds is 3. The molecule has 1 aromatic heterocycles. The number of imidazole rings is 1. The van der Waals surface area contributed by atoms with Crippen LogP contribution in [0.2, 0.25) is 0 Å². The van der Waals surface area contributed by atoms with Gasteiger partial charge in [0.05, 0.1) is 0 Å². The lowest BCUT2D eigenvalue weighted by Gasteiger charge is -2.10. The molecular formula is C17H17N3. The molecule has 0 saturated heterocycles. The summed E-state index contributed by atoms with van der Waals surface area (Å²) in [5.41, 5.74) is 10.2. The van der Waals surface area contributed by atoms with Gasteiger partial charge in [-0.1, -0.05) is 36.4 Å². The molecule has 3 aromatic rings. The highest BCUT2D eigenvalue weighted by Gasteiger charge is 2.08. The standard InChI is InChI=1S/C17H17N3/c1-13-5-2-3-8-16(13)17-19-9-10-20(17)12-14-6-4-7-15(18)11-14/h2-11H,12,18H2,1H3. The maximum Gasteiger partial charge on any atom is 0.140 e. The summed E-state index contributed by atoms with van der Waals surface area (Å²) < 4.78 is 2.15. The Morgan fingerprint density at radius 1 is 1.10 bits per heavy atom. The van der Waals surface area contributed by atoms with E-state index in [2.05, 4.69) is 34.7 Å². The largest absolute Gasteiger partial charge is 0.399 e. The summed E-state index contributed by atoms with van der Waals surface area (Å²) in [6.07, 6.45) is 3.85. The molecule has 3 heteroatoms. The molecule has 0 radical (unpaired) electrons. The first kappa shape index (κ1) is 12.5. The van der Waals surface area contributed by atoms with Crippen LogP contribution in [0.15, 0.2) is 60.9 Å². The van der Waals surface area contributed by atoms with Gasteiger partial charge in [-0.15, -0.1) is 0 Å². The SMILES string of the molecule is Cc1ccccc1-c1nccn1Cc1cccc(N)c1. The molecule has 3 rings (SSSR count). The van der Waals surface area contributed by atoms with Gasteiger partial charge >= 0.3 is 0 Å². The third-order valence-corrected chi connectivity index (χ3v) is 3.41. The van der Waals surface area contributed by atoms with Gasteiger partial charge in [0.2, 0.25) is 0 Å². The second-order valence-electron chi connectivity index (χ2n) is 4.94. The van der Waals surface area contributed by atoms with Crippen LogP contribution in [-0.2, 0) is 6.54 Å². The van der Waals surface area contributed by atoms with Crippen molar-refractivity contribution in [3.63, 3.8) is 0 Å². The molecule has 2 aromatic carbocycles. The van der Waals surface area contributed by atoms with Crippen molar-refractivity contribution in [2.24, 2.45) is 0 Å². The van der Waals surface area contributed by atoms with E-state index in [1.807, 2.05) is 42.7 Å². The van der Waals surface area contributed by atoms with Crippen molar-refractivity contribution in [2.75, 3.05) is 5.73 Å². The highest BCUT2D eigenvalue weighted by atomic mass is 15.1. The Hall–Kier alpha value is -2.55. The summed E-state index contributed by atoms with van der Waals surface area (Å²) >= 11 is 0. The molecular weight excluding hydrogens is 246 g/mol. The second kappa shape index (κ2) is 5.21. The van der Waals surface area contributed by atoms with Crippen LogP contribution in [0.5, 0.6) is 0 Å². The summed E-state index contributed by atoms with van der Waals surface area (Å²) in [7, 11) is 0. The van der Waals surface area contributed by atoms with Crippen LogP contribution >= 0.6 is 0 Å². The van der Waals surface area contributed by atoms with Gasteiger partial charge in [0, 0.05) is 30.2 Å². The summed E-state index contributed by atoms with van der Waals surface area (Å²) in [6, 6.07) is 16.3. The Balaban J connectivity index is 1.97. The van der Waals surface area contributed by atoms with Crippen LogP contribution in [0, 0.1) is 6.92 Å². The molecule has 0 spiro atoms. The van der Waals surface area contributed by atoms with E-state index in [9.17, 15) is 0 Å². The van der Waals surface area contributed by atoms with Crippen LogP contribution in [0.4, 0.5) is 5.69 Å². The van der Waals surface area contributed by atoms with Gasteiger partial charge in [0.1, 0.15) is 5.82 Å². The molecule has 0 aliphatic carbocycles. The Morgan fingerprint density at radius 2 is 1.95 bits per heavy atom. The van der Waals surface area contributed by atoms with Gasteiger partial charge in [-0.2, -0.15) is 0 Å². The van der Waals surface area contributed by atoms with E-state index in [0.29, 0.717) is 0 Å². The van der Waals surface area contributed by atoms with Crippen LogP contribution in [0.25, 0.3) is 11.4 Å². The fourth-order valence-electron chi connectivity index (χ4n) is 2.39. The quantitative estimate of drug-likeness (QED) is 0.735. The summed E-state index contributed by atoms with van der Waals surface area (Å²) in [5.74, 6) is 0.991. The fourth-order valence-corrected chi connectivity index (χ4v) is 2.39. The van der Waals surface area contributed by atoms with Gasteiger partial charge in [-0.3, -0.25) is 0 Å². The first-order valence-electron chi connectivity index (χ1n) is 6.65. The number of hydrogen-bond acceptors (Lipinski definition) is 2. The van der Waals surface area contributed by atoms with E-state index in [0.717, 1.165) is 18.1 Å². The van der Waals surface area contributed by atoms with E-state index < -0.39 is 0 Å². The average Bonchev–Trinajstić information content (AvgIpc) is 2.87. The molecule has 3 nitrogen and oxygen atoms in total. The highest BCUT2D eigenvalue weighted by molar-refractivity contribution is 5.60. The van der Waals surface area contributed by atoms with Gasteiger partial charge in [0.25, 0.3) is 0 Å². The smallest absolute Gasteiger partial charge is 0.140 e. The average molecular weight is 263 g/mol. The zero-order valence-corrected chi connectivity index (χ0v) is 11.5. The number of nitrogens with two attached hydrogens (primary N) is 1. The molecule has 100 valence electrons. The number of aryl methyl sites for hydroxylation is 1. The molecule has 0 aliphatic heterocycles. The van der Waals surface area contributed by atoms with Crippen molar-refractivity contribution in [1.82, 2.24) is 9.55 Å². The zero-order chi connectivity index (χ0) is 13.9. The number of aromatic nitrogens is 2. The minimum Gasteiger partial charge on any atom is -0.399 e. The predicted molar refractivity (Wildman–Crippen MR) is 82.4 cm³/mol. The topological polar surface area (TPSA) is 43.8 Å². The lowest BCUT2D eigenvalue weighted by molar-refractivity contribution is 0.807. The van der Waals surface area contributed by atoms with Crippen molar-refractivity contribution in [1.29, 1.82) is 0 Å². The lowest BCUT2D eigenvalue weighted by Crippen LogP contribution is -2.02. The number of nitrogens with zero attached hydrogens (tertiary/aromatic N) is 2. The number of hydrogen-bond donors (Lipinski definition) is 1. The molecule has 0 unspecified atom stereocenters. The highest BCUT2D eigenvalue weighted by Crippen LogP contribution is 2.22. The Kier molecular flexibility index (Phi) is 3.25. The normalized spacial score (nSPS) is 10.7. The zero-order valence-electron chi connectivity index (χ0n) is 11.5. The Bertz CT molecular complexity index is 728. The molecule has 0 bridgehead atoms. The lowest BCUT2D eigenvalue weighted by atomic mass is 10.1. The van der Waals surface area contributed by atoms with Crippen molar-refractivity contribution in [2.45, 2.75) is 13.5 Å². The van der Waals surface area contributed by atoms with E-state index in [4.69, 9.17) is 5.73 Å². The maximum atomic E-state index is 5.84. The van der Waals surface area contributed by atoms with Crippen molar-refractivity contribution in [3.05, 3.63) is 72.1 Å². The summed E-state index contributed by atoms with van der Waals surface area (Å²) in [6.45, 7) is 2.88. The van der Waals surface area contributed by atoms with Gasteiger partial charge in [-0.05, 0) is 30.2 Å². The summed E-state index contributed by atoms with van der Waals surface area (Å²) in [5, 5.41) is 0. The maximum absolute atomic E-state index is 5.84. The van der Waals surface area contributed by atoms with Crippen LogP contribution in [0.1, 0.15) is 11.1 Å². The second-order valence-corrected chi connectivity index (χ2v) is 4.94.